The molecule has 1 nitrogen and oxygen atoms in total. The van der Waals surface area contributed by atoms with E-state index in [0.717, 1.165) is 18.4 Å². The number of rotatable bonds is 0. The number of hydrogen-bond acceptors (Lipinski definition) is 1. The van der Waals surface area contributed by atoms with Crippen LogP contribution >= 0.6 is 15.9 Å². The molecule has 0 amide bonds. The number of alkyl halides is 1. The maximum absolute atomic E-state index is 9.78. The second-order valence-electron chi connectivity index (χ2n) is 3.20. The van der Waals surface area contributed by atoms with Gasteiger partial charge >= 0.3 is 0 Å². The molecule has 0 heterocycles. The van der Waals surface area contributed by atoms with Gasteiger partial charge in [-0.15, -0.1) is 0 Å². The van der Waals surface area contributed by atoms with Crippen LogP contribution < -0.4 is 0 Å². The SMILES string of the molecule is O[C@@H]1c2ccccc2CC[C@@H]1Br. The molecule has 2 atom stereocenters. The zero-order chi connectivity index (χ0) is 8.55. The minimum atomic E-state index is -0.324. The highest BCUT2D eigenvalue weighted by Gasteiger charge is 2.24. The standard InChI is InChI=1S/C10H11BrO/c11-9-6-5-7-3-1-2-4-8(7)10(9)12/h1-4,9-10,12H,5-6H2/t9-,10+/m0/s1. The molecule has 0 radical (unpaired) electrons. The molecule has 1 aromatic carbocycles. The molecule has 0 bridgehead atoms. The van der Waals surface area contributed by atoms with Gasteiger partial charge in [-0.1, -0.05) is 40.2 Å². The molecule has 0 aliphatic heterocycles. The summed E-state index contributed by atoms with van der Waals surface area (Å²) in [6.07, 6.45) is 1.77. The molecule has 1 N–H and O–H groups in total. The summed E-state index contributed by atoms with van der Waals surface area (Å²) in [5, 5.41) is 9.78. The number of hydrogen-bond donors (Lipinski definition) is 1. The van der Waals surface area contributed by atoms with Crippen molar-refractivity contribution >= 4 is 15.9 Å². The Morgan fingerprint density at radius 2 is 2.08 bits per heavy atom. The van der Waals surface area contributed by atoms with Crippen LogP contribution in [0, 0.1) is 0 Å². The van der Waals surface area contributed by atoms with E-state index < -0.39 is 0 Å². The first kappa shape index (κ1) is 8.27. The van der Waals surface area contributed by atoms with Crippen molar-refractivity contribution in [2.24, 2.45) is 0 Å². The Morgan fingerprint density at radius 3 is 2.92 bits per heavy atom. The van der Waals surface area contributed by atoms with Crippen LogP contribution in [0.5, 0.6) is 0 Å². The van der Waals surface area contributed by atoms with Crippen LogP contribution in [0.15, 0.2) is 24.3 Å². The first-order valence-electron chi connectivity index (χ1n) is 4.19. The van der Waals surface area contributed by atoms with Gasteiger partial charge < -0.3 is 5.11 Å². The maximum Gasteiger partial charge on any atom is 0.0917 e. The Kier molecular flexibility index (Phi) is 2.20. The van der Waals surface area contributed by atoms with E-state index >= 15 is 0 Å². The molecule has 0 spiro atoms. The lowest BCUT2D eigenvalue weighted by atomic mass is 9.89. The maximum atomic E-state index is 9.78. The summed E-state index contributed by atoms with van der Waals surface area (Å²) in [6.45, 7) is 0. The van der Waals surface area contributed by atoms with E-state index in [1.54, 1.807) is 0 Å². The fourth-order valence-corrected chi connectivity index (χ4v) is 2.21. The van der Waals surface area contributed by atoms with Gasteiger partial charge in [-0.2, -0.15) is 0 Å². The smallest absolute Gasteiger partial charge is 0.0917 e. The number of aliphatic hydroxyl groups is 1. The molecule has 2 heteroatoms. The predicted molar refractivity (Wildman–Crippen MR) is 52.4 cm³/mol. The van der Waals surface area contributed by atoms with Crippen molar-refractivity contribution in [3.05, 3.63) is 35.4 Å². The van der Waals surface area contributed by atoms with Crippen molar-refractivity contribution in [3.8, 4) is 0 Å². The van der Waals surface area contributed by atoms with Crippen LogP contribution in [0.25, 0.3) is 0 Å². The van der Waals surface area contributed by atoms with Gasteiger partial charge in [-0.25, -0.2) is 0 Å². The number of aryl methyl sites for hydroxylation is 1. The minimum Gasteiger partial charge on any atom is -0.387 e. The lowest BCUT2D eigenvalue weighted by molar-refractivity contribution is 0.165. The third-order valence-electron chi connectivity index (χ3n) is 2.41. The van der Waals surface area contributed by atoms with Crippen molar-refractivity contribution < 1.29 is 5.11 Å². The number of benzene rings is 1. The fourth-order valence-electron chi connectivity index (χ4n) is 1.70. The van der Waals surface area contributed by atoms with E-state index in [2.05, 4.69) is 22.0 Å². The van der Waals surface area contributed by atoms with Crippen LogP contribution in [-0.2, 0) is 6.42 Å². The zero-order valence-electron chi connectivity index (χ0n) is 6.70. The Morgan fingerprint density at radius 1 is 1.33 bits per heavy atom. The zero-order valence-corrected chi connectivity index (χ0v) is 8.29. The Hall–Kier alpha value is -0.340. The lowest BCUT2D eigenvalue weighted by Crippen LogP contribution is -2.19. The first-order valence-corrected chi connectivity index (χ1v) is 5.10. The Labute approximate surface area is 80.5 Å². The molecule has 0 saturated heterocycles. The average molecular weight is 227 g/mol. The van der Waals surface area contributed by atoms with E-state index in [-0.39, 0.29) is 10.9 Å². The van der Waals surface area contributed by atoms with Gasteiger partial charge in [0, 0.05) is 4.83 Å². The molecular formula is C10H11BrO. The van der Waals surface area contributed by atoms with E-state index in [0.29, 0.717) is 0 Å². The predicted octanol–water partition coefficient (Wildman–Crippen LogP) is 2.43. The lowest BCUT2D eigenvalue weighted by Gasteiger charge is -2.25. The van der Waals surface area contributed by atoms with Gasteiger partial charge in [0.05, 0.1) is 6.10 Å². The van der Waals surface area contributed by atoms with Gasteiger partial charge in [0.25, 0.3) is 0 Å². The third kappa shape index (κ3) is 1.29. The highest BCUT2D eigenvalue weighted by atomic mass is 79.9. The molecular weight excluding hydrogens is 216 g/mol. The second-order valence-corrected chi connectivity index (χ2v) is 4.37. The van der Waals surface area contributed by atoms with E-state index in [1.165, 1.54) is 5.56 Å². The van der Waals surface area contributed by atoms with Gasteiger partial charge in [-0.05, 0) is 24.0 Å². The summed E-state index contributed by atoms with van der Waals surface area (Å²) in [6, 6.07) is 8.11. The molecule has 0 unspecified atom stereocenters. The number of halogens is 1. The highest BCUT2D eigenvalue weighted by molar-refractivity contribution is 9.09. The summed E-state index contributed by atoms with van der Waals surface area (Å²) in [5.74, 6) is 0. The van der Waals surface area contributed by atoms with E-state index in [9.17, 15) is 5.11 Å². The first-order chi connectivity index (χ1) is 5.79. The van der Waals surface area contributed by atoms with Crippen molar-refractivity contribution in [1.82, 2.24) is 0 Å². The normalized spacial score (nSPS) is 28.2. The van der Waals surface area contributed by atoms with Crippen molar-refractivity contribution in [2.45, 2.75) is 23.8 Å². The summed E-state index contributed by atoms with van der Waals surface area (Å²) in [5.41, 5.74) is 2.38. The Bertz CT molecular complexity index is 285. The molecule has 0 aromatic heterocycles. The molecule has 1 aliphatic carbocycles. The van der Waals surface area contributed by atoms with Crippen molar-refractivity contribution in [3.63, 3.8) is 0 Å². The van der Waals surface area contributed by atoms with E-state index in [1.807, 2.05) is 18.2 Å². The minimum absolute atomic E-state index is 0.229. The molecule has 12 heavy (non-hydrogen) atoms. The molecule has 2 rings (SSSR count). The van der Waals surface area contributed by atoms with Crippen molar-refractivity contribution in [2.75, 3.05) is 0 Å². The second kappa shape index (κ2) is 3.19. The molecule has 1 aliphatic rings. The molecule has 0 fully saturated rings. The van der Waals surface area contributed by atoms with Crippen LogP contribution in [0.2, 0.25) is 0 Å². The summed E-state index contributed by atoms with van der Waals surface area (Å²) in [7, 11) is 0. The molecule has 1 aromatic rings. The van der Waals surface area contributed by atoms with Crippen molar-refractivity contribution in [1.29, 1.82) is 0 Å². The number of aliphatic hydroxyl groups excluding tert-OH is 1. The topological polar surface area (TPSA) is 20.2 Å². The quantitative estimate of drug-likeness (QED) is 0.675. The van der Waals surface area contributed by atoms with Gasteiger partial charge in [0.1, 0.15) is 0 Å². The van der Waals surface area contributed by atoms with Crippen LogP contribution in [0.4, 0.5) is 0 Å². The largest absolute Gasteiger partial charge is 0.387 e. The van der Waals surface area contributed by atoms with Gasteiger partial charge in [0.15, 0.2) is 0 Å². The van der Waals surface area contributed by atoms with Gasteiger partial charge in [0.2, 0.25) is 0 Å². The summed E-state index contributed by atoms with van der Waals surface area (Å²) >= 11 is 3.47. The van der Waals surface area contributed by atoms with Crippen LogP contribution in [0.3, 0.4) is 0 Å². The van der Waals surface area contributed by atoms with Crippen LogP contribution in [-0.4, -0.2) is 9.93 Å². The van der Waals surface area contributed by atoms with Gasteiger partial charge in [-0.3, -0.25) is 0 Å². The highest BCUT2D eigenvalue weighted by Crippen LogP contribution is 2.33. The fraction of sp³-hybridized carbons (Fsp3) is 0.400. The average Bonchev–Trinajstić information content (AvgIpc) is 2.12. The summed E-state index contributed by atoms with van der Waals surface area (Å²) in [4.78, 5) is 0.229. The summed E-state index contributed by atoms with van der Waals surface area (Å²) < 4.78 is 0. The Balaban J connectivity index is 2.42. The third-order valence-corrected chi connectivity index (χ3v) is 3.36. The molecule has 64 valence electrons. The van der Waals surface area contributed by atoms with Crippen LogP contribution in [0.1, 0.15) is 23.7 Å². The molecule has 0 saturated carbocycles. The van der Waals surface area contributed by atoms with E-state index in [4.69, 9.17) is 0 Å². The number of fused-ring (bicyclic) bond motifs is 1. The monoisotopic (exact) mass is 226 g/mol.